The molecule has 0 aliphatic carbocycles. The van der Waals surface area contributed by atoms with E-state index in [0.717, 1.165) is 29.3 Å². The molecule has 0 heterocycles. The van der Waals surface area contributed by atoms with Crippen molar-refractivity contribution in [3.05, 3.63) is 114 Å². The molecule has 1 N–H and O–H groups in total. The zero-order valence-corrected chi connectivity index (χ0v) is 19.1. The molecular formula is C30H33NO. The minimum atomic E-state index is -0.0469. The number of benzene rings is 4. The Labute approximate surface area is 192 Å². The first-order valence-corrected chi connectivity index (χ1v) is 11.8. The first-order valence-electron chi connectivity index (χ1n) is 11.8. The largest absolute Gasteiger partial charge is 0.508 e. The summed E-state index contributed by atoms with van der Waals surface area (Å²) in [5, 5.41) is 13.5. The van der Waals surface area contributed by atoms with E-state index in [1.807, 2.05) is 12.1 Å². The highest BCUT2D eigenvalue weighted by Gasteiger charge is 2.30. The van der Waals surface area contributed by atoms with Crippen LogP contribution >= 0.6 is 0 Å². The molecule has 0 bridgehead atoms. The number of rotatable bonds is 9. The van der Waals surface area contributed by atoms with E-state index in [0.29, 0.717) is 5.75 Å². The lowest BCUT2D eigenvalue weighted by Crippen LogP contribution is -2.33. The molecule has 0 fully saturated rings. The van der Waals surface area contributed by atoms with Gasteiger partial charge in [-0.25, -0.2) is 0 Å². The molecular weight excluding hydrogens is 390 g/mol. The Bertz CT molecular complexity index is 1120. The highest BCUT2D eigenvalue weighted by atomic mass is 16.3. The number of phenols is 1. The maximum Gasteiger partial charge on any atom is 0.121 e. The Morgan fingerprint density at radius 1 is 0.719 bits per heavy atom. The molecule has 0 amide bonds. The molecule has 0 radical (unpaired) electrons. The highest BCUT2D eigenvalue weighted by molar-refractivity contribution is 5.88. The Kier molecular flexibility index (Phi) is 7.24. The smallest absolute Gasteiger partial charge is 0.121 e. The first kappa shape index (κ1) is 22.1. The van der Waals surface area contributed by atoms with E-state index in [2.05, 4.69) is 104 Å². The van der Waals surface area contributed by atoms with E-state index < -0.39 is 0 Å². The number of hydrogen-bond acceptors (Lipinski definition) is 2. The lowest BCUT2D eigenvalue weighted by Gasteiger charge is -2.38. The summed E-state index contributed by atoms with van der Waals surface area (Å²) in [5.41, 5.74) is 3.50. The van der Waals surface area contributed by atoms with Crippen LogP contribution in [0.4, 0.5) is 0 Å². The average molecular weight is 424 g/mol. The van der Waals surface area contributed by atoms with Gasteiger partial charge in [0.15, 0.2) is 0 Å². The number of aromatic hydroxyl groups is 1. The maximum atomic E-state index is 11.2. The van der Waals surface area contributed by atoms with Crippen molar-refractivity contribution in [1.29, 1.82) is 0 Å². The fourth-order valence-corrected chi connectivity index (χ4v) is 4.74. The van der Waals surface area contributed by atoms with Crippen LogP contribution in [0.3, 0.4) is 0 Å². The van der Waals surface area contributed by atoms with Crippen LogP contribution in [-0.2, 0) is 0 Å². The van der Waals surface area contributed by atoms with Crippen molar-refractivity contribution in [3.8, 4) is 5.75 Å². The minimum Gasteiger partial charge on any atom is -0.508 e. The second-order valence-corrected chi connectivity index (χ2v) is 8.56. The summed E-state index contributed by atoms with van der Waals surface area (Å²) in [6, 6.07) is 33.8. The summed E-state index contributed by atoms with van der Waals surface area (Å²) in [6.07, 6.45) is 3.51. The lowest BCUT2D eigenvalue weighted by atomic mass is 9.89. The third kappa shape index (κ3) is 4.71. The van der Waals surface area contributed by atoms with Crippen molar-refractivity contribution < 1.29 is 5.11 Å². The molecule has 0 saturated heterocycles. The molecule has 0 unspecified atom stereocenters. The standard InChI is InChI=1S/C30H33NO/c1-3-4-13-22-31(23(2)24-14-7-5-8-15-24)30(26-17-9-6-10-18-26)29-27-19-12-11-16-25(27)20-21-28(29)32/h5-12,14-21,23,30,32H,3-4,13,22H2,1-2H3/t23-,30-/m1/s1. The number of hydrogen-bond donors (Lipinski definition) is 1. The molecule has 0 aliphatic heterocycles. The molecule has 164 valence electrons. The normalized spacial score (nSPS) is 13.3. The fraction of sp³-hybridized carbons (Fsp3) is 0.267. The Hall–Kier alpha value is -3.10. The monoisotopic (exact) mass is 423 g/mol. The van der Waals surface area contributed by atoms with Gasteiger partial charge in [0.25, 0.3) is 0 Å². The third-order valence-electron chi connectivity index (χ3n) is 6.47. The topological polar surface area (TPSA) is 23.5 Å². The summed E-state index contributed by atoms with van der Waals surface area (Å²) in [6.45, 7) is 5.50. The summed E-state index contributed by atoms with van der Waals surface area (Å²) >= 11 is 0. The first-order chi connectivity index (χ1) is 15.7. The van der Waals surface area contributed by atoms with Crippen LogP contribution in [0.25, 0.3) is 10.8 Å². The van der Waals surface area contributed by atoms with Crippen molar-refractivity contribution in [3.63, 3.8) is 0 Å². The molecule has 2 nitrogen and oxygen atoms in total. The van der Waals surface area contributed by atoms with Gasteiger partial charge in [-0.3, -0.25) is 4.90 Å². The van der Waals surface area contributed by atoms with Crippen LogP contribution in [0.1, 0.15) is 61.9 Å². The quantitative estimate of drug-likeness (QED) is 0.277. The summed E-state index contributed by atoms with van der Waals surface area (Å²) in [5.74, 6) is 0.360. The number of phenolic OH excluding ortho intramolecular Hbond substituents is 1. The van der Waals surface area contributed by atoms with Crippen molar-refractivity contribution in [2.45, 2.75) is 45.2 Å². The van der Waals surface area contributed by atoms with E-state index in [1.165, 1.54) is 24.0 Å². The van der Waals surface area contributed by atoms with Gasteiger partial charge in [0.1, 0.15) is 5.75 Å². The molecule has 4 aromatic carbocycles. The SMILES string of the molecule is CCCCCN([C@H](c1ccccc1)c1c(O)ccc2ccccc12)[C@H](C)c1ccccc1. The van der Waals surface area contributed by atoms with Crippen molar-refractivity contribution in [1.82, 2.24) is 4.90 Å². The number of nitrogens with zero attached hydrogens (tertiary/aromatic N) is 1. The molecule has 4 rings (SSSR count). The Balaban J connectivity index is 1.91. The predicted molar refractivity (Wildman–Crippen MR) is 135 cm³/mol. The van der Waals surface area contributed by atoms with Gasteiger partial charge in [-0.2, -0.15) is 0 Å². The highest BCUT2D eigenvalue weighted by Crippen LogP contribution is 2.42. The van der Waals surface area contributed by atoms with Crippen LogP contribution in [0.5, 0.6) is 5.75 Å². The Morgan fingerprint density at radius 3 is 2.03 bits per heavy atom. The summed E-state index contributed by atoms with van der Waals surface area (Å²) < 4.78 is 0. The number of unbranched alkanes of at least 4 members (excludes halogenated alkanes) is 2. The van der Waals surface area contributed by atoms with E-state index in [4.69, 9.17) is 0 Å². The van der Waals surface area contributed by atoms with Gasteiger partial charge >= 0.3 is 0 Å². The van der Waals surface area contributed by atoms with Crippen LogP contribution in [0.2, 0.25) is 0 Å². The van der Waals surface area contributed by atoms with Gasteiger partial charge in [0, 0.05) is 11.6 Å². The molecule has 0 spiro atoms. The number of fused-ring (bicyclic) bond motifs is 1. The third-order valence-corrected chi connectivity index (χ3v) is 6.47. The second kappa shape index (κ2) is 10.5. The zero-order chi connectivity index (χ0) is 22.3. The Morgan fingerprint density at radius 2 is 1.34 bits per heavy atom. The molecule has 32 heavy (non-hydrogen) atoms. The van der Waals surface area contributed by atoms with Gasteiger partial charge < -0.3 is 5.11 Å². The van der Waals surface area contributed by atoms with Crippen molar-refractivity contribution in [2.24, 2.45) is 0 Å². The minimum absolute atomic E-state index is 0.0469. The van der Waals surface area contributed by atoms with Gasteiger partial charge in [-0.15, -0.1) is 0 Å². The van der Waals surface area contributed by atoms with Crippen LogP contribution in [-0.4, -0.2) is 16.6 Å². The van der Waals surface area contributed by atoms with Crippen LogP contribution in [0.15, 0.2) is 97.1 Å². The molecule has 2 heteroatoms. The lowest BCUT2D eigenvalue weighted by molar-refractivity contribution is 0.162. The summed E-state index contributed by atoms with van der Waals surface area (Å²) in [4.78, 5) is 2.57. The van der Waals surface area contributed by atoms with Gasteiger partial charge in [-0.1, -0.05) is 111 Å². The summed E-state index contributed by atoms with van der Waals surface area (Å²) in [7, 11) is 0. The van der Waals surface area contributed by atoms with Gasteiger partial charge in [0.2, 0.25) is 0 Å². The zero-order valence-electron chi connectivity index (χ0n) is 19.1. The van der Waals surface area contributed by atoms with E-state index in [9.17, 15) is 5.11 Å². The van der Waals surface area contributed by atoms with E-state index >= 15 is 0 Å². The maximum absolute atomic E-state index is 11.2. The average Bonchev–Trinajstić information content (AvgIpc) is 2.85. The molecule has 2 atom stereocenters. The fourth-order valence-electron chi connectivity index (χ4n) is 4.74. The predicted octanol–water partition coefficient (Wildman–Crippen LogP) is 7.89. The van der Waals surface area contributed by atoms with Gasteiger partial charge in [0.05, 0.1) is 6.04 Å². The van der Waals surface area contributed by atoms with Crippen molar-refractivity contribution in [2.75, 3.05) is 6.54 Å². The van der Waals surface area contributed by atoms with Crippen molar-refractivity contribution >= 4 is 10.8 Å². The second-order valence-electron chi connectivity index (χ2n) is 8.56. The molecule has 4 aromatic rings. The molecule has 0 aliphatic rings. The van der Waals surface area contributed by atoms with Gasteiger partial charge in [-0.05, 0) is 47.9 Å². The van der Waals surface area contributed by atoms with E-state index in [-0.39, 0.29) is 12.1 Å². The molecule has 0 saturated carbocycles. The molecule has 0 aromatic heterocycles. The van der Waals surface area contributed by atoms with Crippen LogP contribution < -0.4 is 0 Å². The van der Waals surface area contributed by atoms with Crippen LogP contribution in [0, 0.1) is 0 Å². The van der Waals surface area contributed by atoms with E-state index in [1.54, 1.807) is 0 Å².